The zero-order valence-electron chi connectivity index (χ0n) is 11.2. The average Bonchev–Trinajstić information content (AvgIpc) is 2.39. The molecule has 0 aromatic carbocycles. The number of unbranched alkanes of at least 4 members (excludes halogenated alkanes) is 7. The number of nitrogens with zero attached hydrogens (tertiary/aromatic N) is 2. The van der Waals surface area contributed by atoms with Crippen molar-refractivity contribution in [1.29, 1.82) is 0 Å². The molecule has 1 aromatic rings. The van der Waals surface area contributed by atoms with Crippen LogP contribution in [0.25, 0.3) is 0 Å². The molecule has 4 heteroatoms. The first-order chi connectivity index (χ1) is 8.83. The van der Waals surface area contributed by atoms with Crippen molar-refractivity contribution in [2.24, 2.45) is 0 Å². The Morgan fingerprint density at radius 1 is 0.944 bits per heavy atom. The lowest BCUT2D eigenvalue weighted by Gasteiger charge is -2.05. The Balaban J connectivity index is 1.91. The summed E-state index contributed by atoms with van der Waals surface area (Å²) in [5.41, 5.74) is 0. The first kappa shape index (κ1) is 15.2. The third-order valence-electron chi connectivity index (χ3n) is 2.86. The van der Waals surface area contributed by atoms with Crippen LogP contribution in [0.5, 0.6) is 5.75 Å². The van der Waals surface area contributed by atoms with Gasteiger partial charge in [-0.1, -0.05) is 51.9 Å². The average molecular weight is 271 g/mol. The van der Waals surface area contributed by atoms with Gasteiger partial charge in [-0.3, -0.25) is 0 Å². The minimum Gasteiger partial charge on any atom is -0.490 e. The summed E-state index contributed by atoms with van der Waals surface area (Å²) in [5, 5.41) is 0.259. The van der Waals surface area contributed by atoms with E-state index in [0.717, 1.165) is 13.0 Å². The standard InChI is InChI=1S/C14H23ClN2O/c1-2-3-4-5-6-7-8-9-10-18-13-11-16-14(15)17-12-13/h11-12H,2-10H2,1H3. The molecule has 0 fully saturated rings. The number of ether oxygens (including phenoxy) is 1. The third kappa shape index (κ3) is 7.49. The van der Waals surface area contributed by atoms with E-state index >= 15 is 0 Å². The Bertz CT molecular complexity index is 303. The van der Waals surface area contributed by atoms with Crippen molar-refractivity contribution < 1.29 is 4.74 Å². The minimum atomic E-state index is 0.259. The second-order valence-corrected chi connectivity index (χ2v) is 4.85. The van der Waals surface area contributed by atoms with E-state index in [4.69, 9.17) is 16.3 Å². The highest BCUT2D eigenvalue weighted by Crippen LogP contribution is 2.11. The lowest BCUT2D eigenvalue weighted by atomic mass is 10.1. The second-order valence-electron chi connectivity index (χ2n) is 4.51. The quantitative estimate of drug-likeness (QED) is 0.458. The molecule has 0 N–H and O–H groups in total. The molecule has 0 aliphatic rings. The molecule has 3 nitrogen and oxygen atoms in total. The Labute approximate surface area is 115 Å². The van der Waals surface area contributed by atoms with Gasteiger partial charge in [0.05, 0.1) is 19.0 Å². The smallest absolute Gasteiger partial charge is 0.222 e. The van der Waals surface area contributed by atoms with Crippen LogP contribution < -0.4 is 4.74 Å². The first-order valence-corrected chi connectivity index (χ1v) is 7.31. The molecule has 18 heavy (non-hydrogen) atoms. The van der Waals surface area contributed by atoms with Crippen LogP contribution in [-0.4, -0.2) is 16.6 Å². The van der Waals surface area contributed by atoms with Crippen LogP contribution in [0.3, 0.4) is 0 Å². The minimum absolute atomic E-state index is 0.259. The van der Waals surface area contributed by atoms with Gasteiger partial charge in [0.25, 0.3) is 0 Å². The van der Waals surface area contributed by atoms with Crippen molar-refractivity contribution in [2.45, 2.75) is 58.3 Å². The Kier molecular flexibility index (Phi) is 8.57. The molecule has 0 unspecified atom stereocenters. The van der Waals surface area contributed by atoms with Gasteiger partial charge in [0.1, 0.15) is 0 Å². The summed E-state index contributed by atoms with van der Waals surface area (Å²) in [4.78, 5) is 7.73. The molecule has 0 radical (unpaired) electrons. The maximum atomic E-state index is 5.59. The largest absolute Gasteiger partial charge is 0.490 e. The molecule has 0 saturated heterocycles. The summed E-state index contributed by atoms with van der Waals surface area (Å²) in [5.74, 6) is 0.697. The molecule has 1 heterocycles. The number of aromatic nitrogens is 2. The lowest BCUT2D eigenvalue weighted by Crippen LogP contribution is -1.98. The molecule has 0 amide bonds. The van der Waals surface area contributed by atoms with Crippen molar-refractivity contribution in [3.05, 3.63) is 17.7 Å². The highest BCUT2D eigenvalue weighted by molar-refractivity contribution is 6.28. The fourth-order valence-electron chi connectivity index (χ4n) is 1.80. The van der Waals surface area contributed by atoms with Gasteiger partial charge in [-0.05, 0) is 18.0 Å². The molecular formula is C14H23ClN2O. The highest BCUT2D eigenvalue weighted by atomic mass is 35.5. The highest BCUT2D eigenvalue weighted by Gasteiger charge is 1.96. The van der Waals surface area contributed by atoms with E-state index in [0.29, 0.717) is 5.75 Å². The molecule has 0 atom stereocenters. The van der Waals surface area contributed by atoms with E-state index in [1.54, 1.807) is 12.4 Å². The Hall–Kier alpha value is -0.830. The van der Waals surface area contributed by atoms with E-state index in [9.17, 15) is 0 Å². The van der Waals surface area contributed by atoms with Crippen molar-refractivity contribution >= 4 is 11.6 Å². The molecule has 1 rings (SSSR count). The summed E-state index contributed by atoms with van der Waals surface area (Å²) in [6, 6.07) is 0. The van der Waals surface area contributed by atoms with Gasteiger partial charge in [0.2, 0.25) is 5.28 Å². The summed E-state index contributed by atoms with van der Waals surface area (Å²) in [7, 11) is 0. The first-order valence-electron chi connectivity index (χ1n) is 6.93. The molecule has 0 spiro atoms. The Morgan fingerprint density at radius 2 is 1.50 bits per heavy atom. The van der Waals surface area contributed by atoms with Crippen LogP contribution in [0.1, 0.15) is 58.3 Å². The van der Waals surface area contributed by atoms with Crippen LogP contribution >= 0.6 is 11.6 Å². The molecule has 0 aliphatic heterocycles. The number of hydrogen-bond donors (Lipinski definition) is 0. The monoisotopic (exact) mass is 270 g/mol. The fraction of sp³-hybridized carbons (Fsp3) is 0.714. The van der Waals surface area contributed by atoms with Crippen LogP contribution in [0.4, 0.5) is 0 Å². The van der Waals surface area contributed by atoms with E-state index in [-0.39, 0.29) is 5.28 Å². The zero-order valence-corrected chi connectivity index (χ0v) is 12.0. The van der Waals surface area contributed by atoms with E-state index in [1.807, 2.05) is 0 Å². The summed E-state index contributed by atoms with van der Waals surface area (Å²) in [6.07, 6.45) is 13.7. The third-order valence-corrected chi connectivity index (χ3v) is 3.06. The van der Waals surface area contributed by atoms with Crippen LogP contribution in [0.15, 0.2) is 12.4 Å². The summed E-state index contributed by atoms with van der Waals surface area (Å²) < 4.78 is 5.52. The van der Waals surface area contributed by atoms with Gasteiger partial charge in [-0.15, -0.1) is 0 Å². The Morgan fingerprint density at radius 3 is 2.11 bits per heavy atom. The van der Waals surface area contributed by atoms with Crippen molar-refractivity contribution in [3.8, 4) is 5.75 Å². The maximum absolute atomic E-state index is 5.59. The number of halogens is 1. The molecule has 102 valence electrons. The van der Waals surface area contributed by atoms with Crippen molar-refractivity contribution in [1.82, 2.24) is 9.97 Å². The maximum Gasteiger partial charge on any atom is 0.222 e. The van der Waals surface area contributed by atoms with Crippen LogP contribution in [0, 0.1) is 0 Å². The van der Waals surface area contributed by atoms with Crippen LogP contribution in [-0.2, 0) is 0 Å². The topological polar surface area (TPSA) is 35.0 Å². The fourth-order valence-corrected chi connectivity index (χ4v) is 1.90. The van der Waals surface area contributed by atoms with Gasteiger partial charge in [-0.2, -0.15) is 0 Å². The van der Waals surface area contributed by atoms with E-state index in [1.165, 1.54) is 44.9 Å². The normalized spacial score (nSPS) is 10.6. The van der Waals surface area contributed by atoms with Gasteiger partial charge in [-0.25, -0.2) is 9.97 Å². The second kappa shape index (κ2) is 10.1. The SMILES string of the molecule is CCCCCCCCCCOc1cnc(Cl)nc1. The van der Waals surface area contributed by atoms with Gasteiger partial charge >= 0.3 is 0 Å². The van der Waals surface area contributed by atoms with Crippen molar-refractivity contribution in [2.75, 3.05) is 6.61 Å². The van der Waals surface area contributed by atoms with E-state index in [2.05, 4.69) is 16.9 Å². The van der Waals surface area contributed by atoms with Crippen molar-refractivity contribution in [3.63, 3.8) is 0 Å². The molecule has 1 aromatic heterocycles. The molecular weight excluding hydrogens is 248 g/mol. The van der Waals surface area contributed by atoms with Gasteiger partial charge < -0.3 is 4.74 Å². The predicted octanol–water partition coefficient (Wildman–Crippen LogP) is 4.65. The lowest BCUT2D eigenvalue weighted by molar-refractivity contribution is 0.302. The summed E-state index contributed by atoms with van der Waals surface area (Å²) in [6.45, 7) is 2.98. The van der Waals surface area contributed by atoms with Crippen LogP contribution in [0.2, 0.25) is 5.28 Å². The van der Waals surface area contributed by atoms with Gasteiger partial charge in [0.15, 0.2) is 5.75 Å². The number of rotatable bonds is 10. The summed E-state index contributed by atoms with van der Waals surface area (Å²) >= 11 is 5.59. The molecule has 0 aliphatic carbocycles. The van der Waals surface area contributed by atoms with E-state index < -0.39 is 0 Å². The predicted molar refractivity (Wildman–Crippen MR) is 75.1 cm³/mol. The molecule has 0 saturated carbocycles. The zero-order chi connectivity index (χ0) is 13.1. The molecule has 0 bridgehead atoms. The van der Waals surface area contributed by atoms with Gasteiger partial charge in [0, 0.05) is 0 Å². The number of hydrogen-bond acceptors (Lipinski definition) is 3.